The number of piperidine rings is 1. The molecule has 2 rings (SSSR count). The van der Waals surface area contributed by atoms with E-state index in [9.17, 15) is 4.79 Å². The lowest BCUT2D eigenvalue weighted by Gasteiger charge is -2.22. The summed E-state index contributed by atoms with van der Waals surface area (Å²) in [5.74, 6) is 1.03. The quantitative estimate of drug-likeness (QED) is 0.733. The molecule has 1 saturated heterocycles. The molecule has 1 aromatic carbocycles. The molecule has 6 heteroatoms. The van der Waals surface area contributed by atoms with E-state index in [4.69, 9.17) is 14.6 Å². The minimum Gasteiger partial charge on any atom is -0.493 e. The summed E-state index contributed by atoms with van der Waals surface area (Å²) < 4.78 is 10.6. The Morgan fingerprint density at radius 1 is 1.43 bits per heavy atom. The highest BCUT2D eigenvalue weighted by Gasteiger charge is 2.20. The van der Waals surface area contributed by atoms with Crippen molar-refractivity contribution in [1.82, 2.24) is 5.32 Å². The second-order valence-electron chi connectivity index (χ2n) is 4.93. The fourth-order valence-corrected chi connectivity index (χ4v) is 2.33. The van der Waals surface area contributed by atoms with E-state index in [-0.39, 0.29) is 25.2 Å². The van der Waals surface area contributed by atoms with E-state index in [1.165, 1.54) is 0 Å². The van der Waals surface area contributed by atoms with Crippen molar-refractivity contribution in [3.8, 4) is 11.5 Å². The van der Waals surface area contributed by atoms with Crippen LogP contribution in [0.2, 0.25) is 0 Å². The van der Waals surface area contributed by atoms with Crippen LogP contribution < -0.4 is 20.1 Å². The Hall–Kier alpha value is -1.79. The van der Waals surface area contributed by atoms with Gasteiger partial charge in [0, 0.05) is 11.8 Å². The third-order valence-corrected chi connectivity index (χ3v) is 3.41. The minimum atomic E-state index is -0.136. The maximum Gasteiger partial charge on any atom is 0.241 e. The van der Waals surface area contributed by atoms with Crippen LogP contribution in [0, 0.1) is 0 Å². The molecule has 6 nitrogen and oxygen atoms in total. The number of amides is 1. The number of aliphatic hydroxyl groups is 1. The Labute approximate surface area is 124 Å². The van der Waals surface area contributed by atoms with Crippen LogP contribution in [0.4, 0.5) is 5.69 Å². The first-order chi connectivity index (χ1) is 10.2. The molecule has 0 radical (unpaired) electrons. The number of carbonyl (C=O) groups excluding carboxylic acids is 1. The summed E-state index contributed by atoms with van der Waals surface area (Å²) >= 11 is 0. The zero-order valence-electron chi connectivity index (χ0n) is 12.2. The second-order valence-corrected chi connectivity index (χ2v) is 4.93. The molecule has 1 amide bonds. The molecular weight excluding hydrogens is 272 g/mol. The normalized spacial score (nSPS) is 18.1. The van der Waals surface area contributed by atoms with Gasteiger partial charge in [-0.25, -0.2) is 0 Å². The van der Waals surface area contributed by atoms with E-state index in [0.29, 0.717) is 17.2 Å². The van der Waals surface area contributed by atoms with Crippen LogP contribution in [-0.4, -0.2) is 43.9 Å². The topological polar surface area (TPSA) is 79.8 Å². The monoisotopic (exact) mass is 294 g/mol. The third kappa shape index (κ3) is 4.34. The van der Waals surface area contributed by atoms with Gasteiger partial charge < -0.3 is 25.2 Å². The van der Waals surface area contributed by atoms with Gasteiger partial charge in [-0.1, -0.05) is 6.42 Å². The first-order valence-electron chi connectivity index (χ1n) is 7.20. The summed E-state index contributed by atoms with van der Waals surface area (Å²) in [6, 6.07) is 5.07. The summed E-state index contributed by atoms with van der Waals surface area (Å²) in [5, 5.41) is 14.9. The van der Waals surface area contributed by atoms with E-state index in [0.717, 1.165) is 25.8 Å². The third-order valence-electron chi connectivity index (χ3n) is 3.41. The number of methoxy groups -OCH3 is 1. The van der Waals surface area contributed by atoms with Crippen LogP contribution >= 0.6 is 0 Å². The van der Waals surface area contributed by atoms with E-state index in [1.54, 1.807) is 25.3 Å². The predicted octanol–water partition coefficient (Wildman–Crippen LogP) is 1.15. The van der Waals surface area contributed by atoms with Crippen molar-refractivity contribution in [3.63, 3.8) is 0 Å². The molecular formula is C15H22N2O4. The van der Waals surface area contributed by atoms with Crippen molar-refractivity contribution in [2.24, 2.45) is 0 Å². The van der Waals surface area contributed by atoms with Gasteiger partial charge in [-0.3, -0.25) is 4.79 Å². The fraction of sp³-hybridized carbons (Fsp3) is 0.533. The summed E-state index contributed by atoms with van der Waals surface area (Å²) in [7, 11) is 1.55. The minimum absolute atomic E-state index is 0.0343. The lowest BCUT2D eigenvalue weighted by atomic mass is 10.0. The van der Waals surface area contributed by atoms with Gasteiger partial charge in [0.2, 0.25) is 5.91 Å². The number of hydrogen-bond acceptors (Lipinski definition) is 5. The van der Waals surface area contributed by atoms with Gasteiger partial charge in [-0.2, -0.15) is 0 Å². The highest BCUT2D eigenvalue weighted by Crippen LogP contribution is 2.30. The summed E-state index contributed by atoms with van der Waals surface area (Å²) in [5.41, 5.74) is 0.654. The molecule has 1 aromatic rings. The van der Waals surface area contributed by atoms with Gasteiger partial charge in [-0.05, 0) is 31.5 Å². The Kier molecular flexibility index (Phi) is 5.83. The molecule has 0 saturated carbocycles. The first-order valence-corrected chi connectivity index (χ1v) is 7.20. The number of ether oxygens (including phenoxy) is 2. The lowest BCUT2D eigenvalue weighted by Crippen LogP contribution is -2.43. The van der Waals surface area contributed by atoms with E-state index < -0.39 is 0 Å². The average Bonchev–Trinajstić information content (AvgIpc) is 2.54. The van der Waals surface area contributed by atoms with Crippen LogP contribution in [0.25, 0.3) is 0 Å². The summed E-state index contributed by atoms with van der Waals surface area (Å²) in [6.45, 7) is 0.981. The van der Waals surface area contributed by atoms with Crippen LogP contribution in [0.1, 0.15) is 19.3 Å². The Morgan fingerprint density at radius 3 is 2.95 bits per heavy atom. The van der Waals surface area contributed by atoms with Crippen molar-refractivity contribution in [2.75, 3.05) is 32.2 Å². The smallest absolute Gasteiger partial charge is 0.241 e. The molecule has 0 bridgehead atoms. The summed E-state index contributed by atoms with van der Waals surface area (Å²) in [6.07, 6.45) is 3.04. The maximum atomic E-state index is 12.2. The molecule has 116 valence electrons. The second kappa shape index (κ2) is 7.85. The van der Waals surface area contributed by atoms with E-state index in [1.807, 2.05) is 0 Å². The number of carbonyl (C=O) groups is 1. The Balaban J connectivity index is 2.03. The largest absolute Gasteiger partial charge is 0.493 e. The van der Waals surface area contributed by atoms with Gasteiger partial charge in [0.1, 0.15) is 6.61 Å². The molecule has 1 fully saturated rings. The zero-order valence-corrected chi connectivity index (χ0v) is 12.2. The molecule has 0 spiro atoms. The molecule has 1 aliphatic heterocycles. The highest BCUT2D eigenvalue weighted by atomic mass is 16.5. The van der Waals surface area contributed by atoms with Gasteiger partial charge >= 0.3 is 0 Å². The number of hydrogen-bond donors (Lipinski definition) is 3. The van der Waals surface area contributed by atoms with Crippen molar-refractivity contribution >= 4 is 11.6 Å². The highest BCUT2D eigenvalue weighted by molar-refractivity contribution is 5.95. The van der Waals surface area contributed by atoms with Crippen LogP contribution in [0.3, 0.4) is 0 Å². The molecule has 1 atom stereocenters. The van der Waals surface area contributed by atoms with Crippen LogP contribution in [-0.2, 0) is 4.79 Å². The fourth-order valence-electron chi connectivity index (χ4n) is 2.33. The van der Waals surface area contributed by atoms with Crippen LogP contribution in [0.5, 0.6) is 11.5 Å². The summed E-state index contributed by atoms with van der Waals surface area (Å²) in [4.78, 5) is 12.2. The van der Waals surface area contributed by atoms with Crippen molar-refractivity contribution in [3.05, 3.63) is 18.2 Å². The van der Waals surface area contributed by atoms with Crippen LogP contribution in [0.15, 0.2) is 18.2 Å². The molecule has 3 N–H and O–H groups in total. The number of nitrogens with one attached hydrogen (secondary N) is 2. The number of benzene rings is 1. The maximum absolute atomic E-state index is 12.2. The molecule has 21 heavy (non-hydrogen) atoms. The first kappa shape index (κ1) is 15.6. The van der Waals surface area contributed by atoms with Gasteiger partial charge in [0.25, 0.3) is 0 Å². The molecule has 1 aliphatic rings. The standard InChI is InChI=1S/C15H22N2O4/c1-20-13-6-5-11(10-14(13)21-9-8-18)17-15(19)12-4-2-3-7-16-12/h5-6,10,12,16,18H,2-4,7-9H2,1H3,(H,17,19)/t12-/m0/s1. The lowest BCUT2D eigenvalue weighted by molar-refractivity contribution is -0.118. The van der Waals surface area contributed by atoms with Gasteiger partial charge in [0.15, 0.2) is 11.5 Å². The average molecular weight is 294 g/mol. The van der Waals surface area contributed by atoms with Gasteiger partial charge in [0.05, 0.1) is 19.8 Å². The van der Waals surface area contributed by atoms with E-state index >= 15 is 0 Å². The molecule has 0 aliphatic carbocycles. The SMILES string of the molecule is COc1ccc(NC(=O)[C@@H]2CCCCN2)cc1OCCO. The van der Waals surface area contributed by atoms with Crippen molar-refractivity contribution in [2.45, 2.75) is 25.3 Å². The molecule has 0 aromatic heterocycles. The Morgan fingerprint density at radius 2 is 2.29 bits per heavy atom. The Bertz CT molecular complexity index is 473. The predicted molar refractivity (Wildman–Crippen MR) is 79.8 cm³/mol. The van der Waals surface area contributed by atoms with Gasteiger partial charge in [-0.15, -0.1) is 0 Å². The molecule has 0 unspecified atom stereocenters. The van der Waals surface area contributed by atoms with Crippen molar-refractivity contribution < 1.29 is 19.4 Å². The molecule has 1 heterocycles. The van der Waals surface area contributed by atoms with Crippen molar-refractivity contribution in [1.29, 1.82) is 0 Å². The zero-order chi connectivity index (χ0) is 15.1. The number of aliphatic hydroxyl groups excluding tert-OH is 1. The number of anilines is 1. The number of rotatable bonds is 6. The van der Waals surface area contributed by atoms with E-state index in [2.05, 4.69) is 10.6 Å².